The van der Waals surface area contributed by atoms with Crippen molar-refractivity contribution in [3.8, 4) is 11.1 Å². The summed E-state index contributed by atoms with van der Waals surface area (Å²) >= 11 is 1.88. The highest BCUT2D eigenvalue weighted by atomic mass is 32.2. The van der Waals surface area contributed by atoms with E-state index < -0.39 is 0 Å². The van der Waals surface area contributed by atoms with E-state index in [1.807, 2.05) is 37.4 Å². The van der Waals surface area contributed by atoms with Crippen molar-refractivity contribution in [3.05, 3.63) is 30.9 Å². The molecule has 20 heavy (non-hydrogen) atoms. The lowest BCUT2D eigenvalue weighted by Crippen LogP contribution is -1.87. The molecule has 3 rings (SSSR count). The number of nitrogens with zero attached hydrogens (tertiary/aromatic N) is 3. The first-order valence-electron chi connectivity index (χ1n) is 6.86. The fourth-order valence-electron chi connectivity index (χ4n) is 2.28. The van der Waals surface area contributed by atoms with Crippen LogP contribution in [0.1, 0.15) is 19.8 Å². The largest absolute Gasteiger partial charge is 0.335 e. The van der Waals surface area contributed by atoms with E-state index in [-0.39, 0.29) is 0 Å². The Morgan fingerprint density at radius 2 is 2.25 bits per heavy atom. The van der Waals surface area contributed by atoms with Crippen LogP contribution >= 0.6 is 11.8 Å². The second-order valence-corrected chi connectivity index (χ2v) is 6.05. The maximum Gasteiger partial charge on any atom is 0.140 e. The first-order valence-corrected chi connectivity index (χ1v) is 7.85. The van der Waals surface area contributed by atoms with Gasteiger partial charge in [0.05, 0.1) is 6.20 Å². The van der Waals surface area contributed by atoms with Crippen LogP contribution in [0.5, 0.6) is 0 Å². The highest BCUT2D eigenvalue weighted by Gasteiger charge is 2.11. The fourth-order valence-corrected chi connectivity index (χ4v) is 3.28. The first kappa shape index (κ1) is 13.2. The Labute approximate surface area is 122 Å². The second kappa shape index (κ2) is 5.71. The number of unbranched alkanes of at least 4 members (excludes halogenated alkanes) is 1. The molecule has 0 aliphatic rings. The number of H-pyrrole nitrogens is 1. The van der Waals surface area contributed by atoms with Crippen molar-refractivity contribution in [2.24, 2.45) is 7.05 Å². The quantitative estimate of drug-likeness (QED) is 0.572. The molecule has 0 fully saturated rings. The average molecular weight is 286 g/mol. The number of aromatic amines is 1. The number of thioether (sulfide) groups is 1. The first-order chi connectivity index (χ1) is 9.79. The molecule has 0 aliphatic heterocycles. The molecule has 0 saturated carbocycles. The van der Waals surface area contributed by atoms with Gasteiger partial charge in [0.25, 0.3) is 0 Å². The Kier molecular flexibility index (Phi) is 3.78. The highest BCUT2D eigenvalue weighted by molar-refractivity contribution is 7.99. The number of aromatic nitrogens is 4. The maximum atomic E-state index is 4.60. The molecule has 104 valence electrons. The highest BCUT2D eigenvalue weighted by Crippen LogP contribution is 2.31. The molecule has 0 atom stereocenters. The van der Waals surface area contributed by atoms with Gasteiger partial charge in [0, 0.05) is 47.0 Å². The van der Waals surface area contributed by atoms with Gasteiger partial charge in [-0.2, -0.15) is 5.10 Å². The lowest BCUT2D eigenvalue weighted by Gasteiger charge is -2.02. The molecule has 3 aromatic rings. The van der Waals surface area contributed by atoms with Crippen LogP contribution in [0, 0.1) is 0 Å². The number of hydrogen-bond donors (Lipinski definition) is 1. The zero-order valence-corrected chi connectivity index (χ0v) is 12.6. The Bertz CT molecular complexity index is 700. The molecule has 0 spiro atoms. The van der Waals surface area contributed by atoms with Crippen LogP contribution in [0.2, 0.25) is 0 Å². The molecule has 5 heteroatoms. The molecule has 4 nitrogen and oxygen atoms in total. The molecule has 0 amide bonds. The Hall–Kier alpha value is -1.75. The molecule has 0 unspecified atom stereocenters. The SMILES string of the molecule is CCCCSc1cnc2c(c1)c(-c1cn[nH]c1)cn2C. The van der Waals surface area contributed by atoms with Gasteiger partial charge >= 0.3 is 0 Å². The molecular weight excluding hydrogens is 268 g/mol. The van der Waals surface area contributed by atoms with E-state index in [2.05, 4.69) is 38.9 Å². The zero-order valence-electron chi connectivity index (χ0n) is 11.8. The van der Waals surface area contributed by atoms with Crippen molar-refractivity contribution in [2.45, 2.75) is 24.7 Å². The molecule has 0 aromatic carbocycles. The van der Waals surface area contributed by atoms with Crippen molar-refractivity contribution in [3.63, 3.8) is 0 Å². The van der Waals surface area contributed by atoms with Gasteiger partial charge in [-0.3, -0.25) is 5.10 Å². The van der Waals surface area contributed by atoms with E-state index in [1.165, 1.54) is 28.7 Å². The summed E-state index contributed by atoms with van der Waals surface area (Å²) in [5, 5.41) is 8.10. The summed E-state index contributed by atoms with van der Waals surface area (Å²) in [5.41, 5.74) is 3.30. The van der Waals surface area contributed by atoms with Crippen molar-refractivity contribution in [1.82, 2.24) is 19.7 Å². The van der Waals surface area contributed by atoms with Gasteiger partial charge in [-0.15, -0.1) is 11.8 Å². The Morgan fingerprint density at radius 1 is 1.35 bits per heavy atom. The number of nitrogens with one attached hydrogen (secondary N) is 1. The van der Waals surface area contributed by atoms with Crippen LogP contribution in [0.15, 0.2) is 35.7 Å². The summed E-state index contributed by atoms with van der Waals surface area (Å²) in [7, 11) is 2.03. The number of pyridine rings is 1. The molecule has 0 radical (unpaired) electrons. The summed E-state index contributed by atoms with van der Waals surface area (Å²) in [6.07, 6.45) is 10.3. The van der Waals surface area contributed by atoms with Crippen LogP contribution in [0.3, 0.4) is 0 Å². The van der Waals surface area contributed by atoms with Gasteiger partial charge in [-0.25, -0.2) is 4.98 Å². The monoisotopic (exact) mass is 286 g/mol. The number of aryl methyl sites for hydroxylation is 1. The lowest BCUT2D eigenvalue weighted by atomic mass is 10.1. The zero-order chi connectivity index (χ0) is 13.9. The third-order valence-corrected chi connectivity index (χ3v) is 4.41. The standard InChI is InChI=1S/C15H18N4S/c1-3-4-5-20-12-6-13-14(11-7-17-18-8-11)10-19(2)15(13)16-9-12/h6-10H,3-5H2,1-2H3,(H,17,18). The predicted octanol–water partition coefficient (Wildman–Crippen LogP) is 3.86. The van der Waals surface area contributed by atoms with Crippen molar-refractivity contribution in [1.29, 1.82) is 0 Å². The maximum absolute atomic E-state index is 4.60. The molecule has 1 N–H and O–H groups in total. The van der Waals surface area contributed by atoms with Crippen LogP contribution in [0.4, 0.5) is 0 Å². The van der Waals surface area contributed by atoms with Gasteiger partial charge in [0.2, 0.25) is 0 Å². The van der Waals surface area contributed by atoms with Crippen molar-refractivity contribution in [2.75, 3.05) is 5.75 Å². The predicted molar refractivity (Wildman–Crippen MR) is 83.9 cm³/mol. The average Bonchev–Trinajstić information content (AvgIpc) is 3.07. The molecule has 0 bridgehead atoms. The van der Waals surface area contributed by atoms with Crippen molar-refractivity contribution >= 4 is 22.8 Å². The minimum Gasteiger partial charge on any atom is -0.335 e. The summed E-state index contributed by atoms with van der Waals surface area (Å²) in [6, 6.07) is 2.24. The van der Waals surface area contributed by atoms with E-state index in [1.54, 1.807) is 0 Å². The normalized spacial score (nSPS) is 11.3. The summed E-state index contributed by atoms with van der Waals surface area (Å²) in [6.45, 7) is 2.22. The van der Waals surface area contributed by atoms with E-state index in [9.17, 15) is 0 Å². The third-order valence-electron chi connectivity index (χ3n) is 3.36. The summed E-state index contributed by atoms with van der Waals surface area (Å²) in [5.74, 6) is 1.15. The van der Waals surface area contributed by atoms with Gasteiger partial charge < -0.3 is 4.57 Å². The van der Waals surface area contributed by atoms with Gasteiger partial charge in [0.1, 0.15) is 5.65 Å². The minimum atomic E-state index is 1.01. The molecular formula is C15H18N4S. The van der Waals surface area contributed by atoms with Crippen LogP contribution in [-0.4, -0.2) is 25.5 Å². The minimum absolute atomic E-state index is 1.01. The van der Waals surface area contributed by atoms with Gasteiger partial charge in [-0.05, 0) is 18.2 Å². The third kappa shape index (κ3) is 2.45. The van der Waals surface area contributed by atoms with E-state index in [0.29, 0.717) is 0 Å². The Balaban J connectivity index is 2.01. The van der Waals surface area contributed by atoms with E-state index in [0.717, 1.165) is 17.0 Å². The van der Waals surface area contributed by atoms with E-state index in [4.69, 9.17) is 0 Å². The van der Waals surface area contributed by atoms with E-state index >= 15 is 0 Å². The van der Waals surface area contributed by atoms with Crippen LogP contribution in [-0.2, 0) is 7.05 Å². The summed E-state index contributed by atoms with van der Waals surface area (Å²) < 4.78 is 2.07. The number of rotatable bonds is 5. The summed E-state index contributed by atoms with van der Waals surface area (Å²) in [4.78, 5) is 5.84. The van der Waals surface area contributed by atoms with Gasteiger partial charge in [0.15, 0.2) is 0 Å². The lowest BCUT2D eigenvalue weighted by molar-refractivity contribution is 0.896. The molecule has 3 aromatic heterocycles. The van der Waals surface area contributed by atoms with Crippen LogP contribution < -0.4 is 0 Å². The second-order valence-electron chi connectivity index (χ2n) is 4.88. The fraction of sp³-hybridized carbons (Fsp3) is 0.333. The smallest absolute Gasteiger partial charge is 0.140 e. The molecule has 3 heterocycles. The topological polar surface area (TPSA) is 46.5 Å². The number of hydrogen-bond acceptors (Lipinski definition) is 3. The van der Waals surface area contributed by atoms with Crippen LogP contribution in [0.25, 0.3) is 22.2 Å². The molecule has 0 saturated heterocycles. The molecule has 0 aliphatic carbocycles. The van der Waals surface area contributed by atoms with Gasteiger partial charge in [-0.1, -0.05) is 13.3 Å². The van der Waals surface area contributed by atoms with Crippen molar-refractivity contribution < 1.29 is 0 Å². The number of fused-ring (bicyclic) bond motifs is 1. The Morgan fingerprint density at radius 3 is 3.00 bits per heavy atom.